The molecule has 0 radical (unpaired) electrons. The van der Waals surface area contributed by atoms with Gasteiger partial charge in [0.05, 0.1) is 43.9 Å². The van der Waals surface area contributed by atoms with E-state index in [1.807, 2.05) is 11.1 Å². The van der Waals surface area contributed by atoms with Crippen LogP contribution in [0.3, 0.4) is 0 Å². The molecule has 2 saturated heterocycles. The maximum absolute atomic E-state index is 13.9. The first-order valence-corrected chi connectivity index (χ1v) is 21.8. The Morgan fingerprint density at radius 2 is 1.61 bits per heavy atom. The minimum absolute atomic E-state index is 0.0346. The summed E-state index contributed by atoms with van der Waals surface area (Å²) < 4.78 is 10.2. The zero-order valence-electron chi connectivity index (χ0n) is 34.1. The second kappa shape index (κ2) is 17.9. The molecule has 2 aromatic carbocycles. The van der Waals surface area contributed by atoms with Crippen molar-refractivity contribution in [3.8, 4) is 33.6 Å². The number of piperidine rings is 1. The molecule has 1 aliphatic carbocycles. The number of ether oxygens (including phenoxy) is 2. The molecule has 0 spiro atoms. The highest BCUT2D eigenvalue weighted by Crippen LogP contribution is 2.53. The maximum atomic E-state index is 13.9. The van der Waals surface area contributed by atoms with Crippen molar-refractivity contribution < 1.29 is 19.1 Å². The van der Waals surface area contributed by atoms with Crippen LogP contribution in [-0.2, 0) is 14.3 Å². The first-order chi connectivity index (χ1) is 27.5. The zero-order chi connectivity index (χ0) is 40.4. The lowest BCUT2D eigenvalue weighted by molar-refractivity contribution is -0.135. The molecule has 2 aliphatic heterocycles. The van der Waals surface area contributed by atoms with Gasteiger partial charge >= 0.3 is 6.09 Å². The molecule has 4 N–H and O–H groups in total. The molecule has 2 amide bonds. The number of methoxy groups -OCH3 is 2. The van der Waals surface area contributed by atoms with Crippen LogP contribution in [0.5, 0.6) is 0 Å². The number of likely N-dealkylation sites (tertiary alicyclic amines) is 2. The quantitative estimate of drug-likeness (QED) is 0.0831. The zero-order valence-corrected chi connectivity index (χ0v) is 35.6. The smallest absolute Gasteiger partial charge is 0.407 e. The number of benzene rings is 2. The second-order valence-corrected chi connectivity index (χ2v) is 18.1. The number of alkyl carbamates (subject to hydrolysis) is 1. The lowest BCUT2D eigenvalue weighted by atomic mass is 10.0. The number of fused-ring (bicyclic) bond motifs is 1. The molecule has 12 nitrogen and oxygen atoms in total. The third-order valence-electron chi connectivity index (χ3n) is 11.9. The van der Waals surface area contributed by atoms with E-state index in [2.05, 4.69) is 108 Å². The molecule has 306 valence electrons. The van der Waals surface area contributed by atoms with Gasteiger partial charge in [-0.1, -0.05) is 87.8 Å². The fourth-order valence-electron chi connectivity index (χ4n) is 8.57. The molecule has 0 bridgehead atoms. The Bertz CT molecular complexity index is 1980. The van der Waals surface area contributed by atoms with E-state index >= 15 is 0 Å². The van der Waals surface area contributed by atoms with Gasteiger partial charge in [-0.05, 0) is 66.4 Å². The number of hydrogen-bond donors (Lipinski definition) is 4. The number of carbonyl (C=O) groups excluding carboxylic acids is 2. The molecule has 1 saturated carbocycles. The molecule has 7 unspecified atom stereocenters. The molecule has 57 heavy (non-hydrogen) atoms. The van der Waals surface area contributed by atoms with E-state index in [1.165, 1.54) is 13.5 Å². The number of amides is 2. The van der Waals surface area contributed by atoms with Gasteiger partial charge in [0.1, 0.15) is 22.5 Å². The highest BCUT2D eigenvalue weighted by atomic mass is 35.5. The number of carbonyl (C=O) groups is 2. The molecule has 7 atom stereocenters. The normalized spacial score (nSPS) is 22.9. The number of aromatic amines is 2. The third-order valence-corrected chi connectivity index (χ3v) is 13.2. The van der Waals surface area contributed by atoms with Crippen molar-refractivity contribution in [2.45, 2.75) is 88.8 Å². The Balaban J connectivity index is 1.02. The van der Waals surface area contributed by atoms with Crippen molar-refractivity contribution in [3.63, 3.8) is 0 Å². The maximum Gasteiger partial charge on any atom is 0.407 e. The van der Waals surface area contributed by atoms with Gasteiger partial charge in [0, 0.05) is 43.1 Å². The SMILES string of the molecule is COCNC(CC(C)C)C(=O)N1CC(SC)CC1c1ncc(-c2ccc(-c3ccc(-c4nc(C5CC6CC6N5CC(NC(=O)OC)C(C)C)[nH]c4Cl)cc3)cc2)[nH]1. The van der Waals surface area contributed by atoms with Gasteiger partial charge in [0.15, 0.2) is 0 Å². The first-order valence-electron chi connectivity index (χ1n) is 20.1. The van der Waals surface area contributed by atoms with E-state index in [0.29, 0.717) is 41.6 Å². The average Bonchev–Trinajstić information content (AvgIpc) is 3.61. The van der Waals surface area contributed by atoms with E-state index in [4.69, 9.17) is 31.0 Å². The first kappa shape index (κ1) is 41.3. The van der Waals surface area contributed by atoms with Crippen molar-refractivity contribution >= 4 is 35.4 Å². The van der Waals surface area contributed by atoms with Crippen LogP contribution in [0.4, 0.5) is 4.79 Å². The van der Waals surface area contributed by atoms with Gasteiger partial charge in [-0.2, -0.15) is 11.8 Å². The number of imidazole rings is 2. The summed E-state index contributed by atoms with van der Waals surface area (Å²) in [4.78, 5) is 47.3. The summed E-state index contributed by atoms with van der Waals surface area (Å²) in [6.45, 7) is 10.3. The Hall–Kier alpha value is -3.88. The largest absolute Gasteiger partial charge is 0.453 e. The monoisotopic (exact) mass is 816 g/mol. The number of hydrogen-bond acceptors (Lipinski definition) is 9. The van der Waals surface area contributed by atoms with Crippen LogP contribution >= 0.6 is 23.4 Å². The molecule has 4 aromatic rings. The molecular weight excluding hydrogens is 760 g/mol. The molecule has 7 rings (SSSR count). The average molecular weight is 818 g/mol. The lowest BCUT2D eigenvalue weighted by Crippen LogP contribution is -2.47. The number of aromatic nitrogens is 4. The molecule has 3 fully saturated rings. The number of thioether (sulfide) groups is 1. The summed E-state index contributed by atoms with van der Waals surface area (Å²) in [5, 5.41) is 7.20. The molecule has 2 aromatic heterocycles. The number of nitrogens with zero attached hydrogens (tertiary/aromatic N) is 4. The van der Waals surface area contributed by atoms with Gasteiger partial charge < -0.3 is 29.7 Å². The Kier molecular flexibility index (Phi) is 13.0. The molecule has 14 heteroatoms. The summed E-state index contributed by atoms with van der Waals surface area (Å²) in [6.07, 6.45) is 7.38. The summed E-state index contributed by atoms with van der Waals surface area (Å²) in [7, 11) is 3.04. The minimum atomic E-state index is -0.403. The topological polar surface area (TPSA) is 140 Å². The highest BCUT2D eigenvalue weighted by molar-refractivity contribution is 7.99. The van der Waals surface area contributed by atoms with Crippen LogP contribution in [0.1, 0.15) is 77.1 Å². The molecular formula is C43H57ClN8O4S. The summed E-state index contributed by atoms with van der Waals surface area (Å²) >= 11 is 8.62. The standard InChI is InChI=1S/C43H57ClN8O4S/c1-24(2)16-32(46-23-55-5)42(53)52-21-31(57-7)19-37(52)40-45-20-33(47-40)28-12-8-26(9-13-28)27-10-14-29(15-11-27)38-39(44)50-41(49-38)36-18-30-17-35(30)51(36)22-34(25(3)4)48-43(54)56-6/h8-15,20,24-25,30-32,34-37,46H,16-19,21-23H2,1-7H3,(H,45,47)(H,48,54)(H,49,50). The number of H-pyrrole nitrogens is 2. The fraction of sp³-hybridized carbons (Fsp3) is 0.535. The summed E-state index contributed by atoms with van der Waals surface area (Å²) in [6, 6.07) is 17.0. The van der Waals surface area contributed by atoms with Gasteiger partial charge in [0.2, 0.25) is 5.91 Å². The van der Waals surface area contributed by atoms with Crippen molar-refractivity contribution in [2.75, 3.05) is 40.3 Å². The van der Waals surface area contributed by atoms with Crippen molar-refractivity contribution in [1.29, 1.82) is 0 Å². The van der Waals surface area contributed by atoms with Crippen LogP contribution < -0.4 is 10.6 Å². The second-order valence-electron chi connectivity index (χ2n) is 16.5. The highest BCUT2D eigenvalue weighted by Gasteiger charge is 2.53. The van der Waals surface area contributed by atoms with Gasteiger partial charge in [0.25, 0.3) is 0 Å². The van der Waals surface area contributed by atoms with Gasteiger partial charge in [-0.25, -0.2) is 14.8 Å². The third kappa shape index (κ3) is 9.23. The van der Waals surface area contributed by atoms with Crippen molar-refractivity contribution in [1.82, 2.24) is 40.4 Å². The van der Waals surface area contributed by atoms with E-state index in [9.17, 15) is 9.59 Å². The van der Waals surface area contributed by atoms with Crippen LogP contribution in [0.25, 0.3) is 33.6 Å². The van der Waals surface area contributed by atoms with Gasteiger partial charge in [-0.15, -0.1) is 0 Å². The number of nitrogens with one attached hydrogen (secondary N) is 4. The van der Waals surface area contributed by atoms with Gasteiger partial charge in [-0.3, -0.25) is 15.0 Å². The minimum Gasteiger partial charge on any atom is -0.453 e. The summed E-state index contributed by atoms with van der Waals surface area (Å²) in [5.41, 5.74) is 5.82. The van der Waals surface area contributed by atoms with E-state index in [0.717, 1.165) is 71.1 Å². The Morgan fingerprint density at radius 3 is 2.25 bits per heavy atom. The predicted molar refractivity (Wildman–Crippen MR) is 227 cm³/mol. The number of rotatable bonds is 16. The predicted octanol–water partition coefficient (Wildman–Crippen LogP) is 7.92. The van der Waals surface area contributed by atoms with Crippen molar-refractivity contribution in [2.24, 2.45) is 17.8 Å². The lowest BCUT2D eigenvalue weighted by Gasteiger charge is -2.32. The van der Waals surface area contributed by atoms with E-state index < -0.39 is 6.09 Å². The van der Waals surface area contributed by atoms with Crippen LogP contribution in [0, 0.1) is 17.8 Å². The van der Waals surface area contributed by atoms with Crippen LogP contribution in [0.2, 0.25) is 5.15 Å². The van der Waals surface area contributed by atoms with Crippen molar-refractivity contribution in [3.05, 3.63) is 71.5 Å². The molecule has 3 aliphatic rings. The van der Waals surface area contributed by atoms with E-state index in [-0.39, 0.29) is 36.0 Å². The number of halogens is 1. The summed E-state index contributed by atoms with van der Waals surface area (Å²) in [5.74, 6) is 3.06. The van der Waals surface area contributed by atoms with Crippen LogP contribution in [0.15, 0.2) is 54.7 Å². The van der Waals surface area contributed by atoms with E-state index in [1.54, 1.807) is 18.9 Å². The van der Waals surface area contributed by atoms with Crippen LogP contribution in [-0.4, -0.2) is 105 Å². The molecule has 4 heterocycles. The Morgan fingerprint density at radius 1 is 0.930 bits per heavy atom. The fourth-order valence-corrected chi connectivity index (χ4v) is 9.50. The Labute approximate surface area is 345 Å².